The van der Waals surface area contributed by atoms with Gasteiger partial charge in [0.2, 0.25) is 0 Å². The molecule has 1 unspecified atom stereocenters. The maximum Gasteiger partial charge on any atom is 0.327 e. The molecule has 1 atom stereocenters. The number of aliphatic carboxylic acids is 1. The van der Waals surface area contributed by atoms with Gasteiger partial charge in [-0.3, -0.25) is 4.79 Å². The van der Waals surface area contributed by atoms with E-state index in [0.717, 1.165) is 0 Å². The molecule has 2 heterocycles. The number of nitrogens with zero attached hydrogens (tertiary/aromatic N) is 2. The third-order valence-electron chi connectivity index (χ3n) is 3.04. The number of hydrogen-bond donors (Lipinski definition) is 2. The molecule has 18 heavy (non-hydrogen) atoms. The van der Waals surface area contributed by atoms with E-state index in [1.165, 1.54) is 4.90 Å². The lowest BCUT2D eigenvalue weighted by Gasteiger charge is -2.33. The fraction of sp³-hybridized carbons (Fsp3) is 0.545. The van der Waals surface area contributed by atoms with Crippen LogP contribution in [0.1, 0.15) is 21.8 Å². The zero-order valence-electron chi connectivity index (χ0n) is 10.3. The van der Waals surface area contributed by atoms with Crippen LogP contribution < -0.4 is 5.32 Å². The van der Waals surface area contributed by atoms with Crippen LogP contribution in [0.25, 0.3) is 0 Å². The minimum Gasteiger partial charge on any atom is -0.480 e. The zero-order chi connectivity index (χ0) is 13.3. The van der Waals surface area contributed by atoms with Crippen molar-refractivity contribution in [1.82, 2.24) is 15.4 Å². The summed E-state index contributed by atoms with van der Waals surface area (Å²) < 4.78 is 4.94. The molecule has 0 bridgehead atoms. The first kappa shape index (κ1) is 12.6. The Hall–Kier alpha value is -1.89. The predicted molar refractivity (Wildman–Crippen MR) is 61.3 cm³/mol. The molecule has 1 aromatic rings. The number of carboxylic acids is 1. The fourth-order valence-electron chi connectivity index (χ4n) is 2.10. The van der Waals surface area contributed by atoms with Crippen molar-refractivity contribution in [3.8, 4) is 0 Å². The van der Waals surface area contributed by atoms with Crippen molar-refractivity contribution in [2.45, 2.75) is 19.9 Å². The monoisotopic (exact) mass is 253 g/mol. The fourth-order valence-corrected chi connectivity index (χ4v) is 2.10. The highest BCUT2D eigenvalue weighted by atomic mass is 16.5. The molecule has 98 valence electrons. The van der Waals surface area contributed by atoms with Gasteiger partial charge in [-0.25, -0.2) is 4.79 Å². The molecule has 1 aliphatic rings. The highest BCUT2D eigenvalue weighted by molar-refractivity contribution is 5.98. The van der Waals surface area contributed by atoms with Crippen molar-refractivity contribution in [3.05, 3.63) is 17.0 Å². The Morgan fingerprint density at radius 3 is 2.78 bits per heavy atom. The average Bonchev–Trinajstić information content (AvgIpc) is 2.68. The van der Waals surface area contributed by atoms with Crippen LogP contribution in [0.2, 0.25) is 0 Å². The zero-order valence-corrected chi connectivity index (χ0v) is 10.3. The van der Waals surface area contributed by atoms with Gasteiger partial charge in [0.15, 0.2) is 0 Å². The van der Waals surface area contributed by atoms with Crippen molar-refractivity contribution in [2.75, 3.05) is 19.6 Å². The molecule has 1 aliphatic heterocycles. The molecule has 0 spiro atoms. The number of rotatable bonds is 2. The van der Waals surface area contributed by atoms with Crippen LogP contribution in [-0.4, -0.2) is 52.7 Å². The molecule has 2 N–H and O–H groups in total. The highest BCUT2D eigenvalue weighted by Crippen LogP contribution is 2.17. The normalized spacial score (nSPS) is 19.9. The summed E-state index contributed by atoms with van der Waals surface area (Å²) in [6.07, 6.45) is 0. The highest BCUT2D eigenvalue weighted by Gasteiger charge is 2.34. The molecule has 0 aliphatic carbocycles. The van der Waals surface area contributed by atoms with E-state index < -0.39 is 12.0 Å². The molecule has 0 saturated carbocycles. The van der Waals surface area contributed by atoms with Gasteiger partial charge >= 0.3 is 5.97 Å². The van der Waals surface area contributed by atoms with Crippen molar-refractivity contribution >= 4 is 11.9 Å². The number of carboxylic acid groups (broad SMARTS) is 1. The number of nitrogens with one attached hydrogen (secondary N) is 1. The van der Waals surface area contributed by atoms with Gasteiger partial charge in [-0.2, -0.15) is 0 Å². The SMILES string of the molecule is Cc1noc(C)c1C(=O)N1CCNCC1C(=O)O. The van der Waals surface area contributed by atoms with Gasteiger partial charge in [-0.05, 0) is 13.8 Å². The molecule has 1 fully saturated rings. The summed E-state index contributed by atoms with van der Waals surface area (Å²) in [6, 6.07) is -0.847. The molecule has 7 heteroatoms. The van der Waals surface area contributed by atoms with E-state index in [4.69, 9.17) is 9.63 Å². The molecular formula is C11H15N3O4. The molecular weight excluding hydrogens is 238 g/mol. The van der Waals surface area contributed by atoms with Gasteiger partial charge in [-0.1, -0.05) is 5.16 Å². The number of carbonyl (C=O) groups excluding carboxylic acids is 1. The van der Waals surface area contributed by atoms with E-state index >= 15 is 0 Å². The van der Waals surface area contributed by atoms with E-state index in [0.29, 0.717) is 30.1 Å². The maximum atomic E-state index is 12.4. The van der Waals surface area contributed by atoms with E-state index in [2.05, 4.69) is 10.5 Å². The van der Waals surface area contributed by atoms with Crippen molar-refractivity contribution in [2.24, 2.45) is 0 Å². The lowest BCUT2D eigenvalue weighted by atomic mass is 10.1. The van der Waals surface area contributed by atoms with Crippen LogP contribution in [0.5, 0.6) is 0 Å². The van der Waals surface area contributed by atoms with Crippen LogP contribution >= 0.6 is 0 Å². The lowest BCUT2D eigenvalue weighted by molar-refractivity contribution is -0.142. The standard InChI is InChI=1S/C11H15N3O4/c1-6-9(7(2)18-13-6)10(15)14-4-3-12-5-8(14)11(16)17/h8,12H,3-5H2,1-2H3,(H,16,17). The van der Waals surface area contributed by atoms with Gasteiger partial charge in [0.25, 0.3) is 5.91 Å². The van der Waals surface area contributed by atoms with Crippen molar-refractivity contribution in [3.63, 3.8) is 0 Å². The Morgan fingerprint density at radius 1 is 1.50 bits per heavy atom. The second kappa shape index (κ2) is 4.77. The van der Waals surface area contributed by atoms with Crippen LogP contribution in [-0.2, 0) is 4.79 Å². The topological polar surface area (TPSA) is 95.7 Å². The Morgan fingerprint density at radius 2 is 2.22 bits per heavy atom. The summed E-state index contributed by atoms with van der Waals surface area (Å²) in [7, 11) is 0. The first-order valence-corrected chi connectivity index (χ1v) is 5.69. The number of carbonyl (C=O) groups is 2. The first-order chi connectivity index (χ1) is 8.52. The van der Waals surface area contributed by atoms with Gasteiger partial charge in [-0.15, -0.1) is 0 Å². The minimum absolute atomic E-state index is 0.254. The second-order valence-electron chi connectivity index (χ2n) is 4.26. The maximum absolute atomic E-state index is 12.4. The predicted octanol–water partition coefficient (Wildman–Crippen LogP) is -0.210. The number of hydrogen-bond acceptors (Lipinski definition) is 5. The largest absolute Gasteiger partial charge is 0.480 e. The number of amides is 1. The molecule has 2 rings (SSSR count). The summed E-state index contributed by atoms with van der Waals surface area (Å²) >= 11 is 0. The van der Waals surface area contributed by atoms with Crippen LogP contribution in [0.3, 0.4) is 0 Å². The van der Waals surface area contributed by atoms with Crippen LogP contribution in [0.15, 0.2) is 4.52 Å². The van der Waals surface area contributed by atoms with E-state index in [1.807, 2.05) is 0 Å². The molecule has 1 saturated heterocycles. The van der Waals surface area contributed by atoms with E-state index in [9.17, 15) is 9.59 Å². The van der Waals surface area contributed by atoms with Crippen molar-refractivity contribution in [1.29, 1.82) is 0 Å². The summed E-state index contributed by atoms with van der Waals surface area (Å²) in [5, 5.41) is 15.8. The minimum atomic E-state index is -1.01. The van der Waals surface area contributed by atoms with Crippen molar-refractivity contribution < 1.29 is 19.2 Å². The van der Waals surface area contributed by atoms with Gasteiger partial charge in [0, 0.05) is 19.6 Å². The average molecular weight is 253 g/mol. The number of aryl methyl sites for hydroxylation is 2. The molecule has 0 aromatic carbocycles. The Balaban J connectivity index is 2.29. The van der Waals surface area contributed by atoms with E-state index in [1.54, 1.807) is 13.8 Å². The molecule has 1 amide bonds. The quantitative estimate of drug-likeness (QED) is 0.757. The van der Waals surface area contributed by atoms with Crippen LogP contribution in [0.4, 0.5) is 0 Å². The molecule has 7 nitrogen and oxygen atoms in total. The van der Waals surface area contributed by atoms with Gasteiger partial charge in [0.1, 0.15) is 17.4 Å². The summed E-state index contributed by atoms with van der Waals surface area (Å²) in [4.78, 5) is 24.8. The third-order valence-corrected chi connectivity index (χ3v) is 3.04. The Kier molecular flexibility index (Phi) is 3.33. The number of piperazine rings is 1. The first-order valence-electron chi connectivity index (χ1n) is 5.69. The summed E-state index contributed by atoms with van der Waals surface area (Å²) in [6.45, 7) is 4.51. The smallest absolute Gasteiger partial charge is 0.327 e. The van der Waals surface area contributed by atoms with Gasteiger partial charge in [0.05, 0.1) is 5.69 Å². The van der Waals surface area contributed by atoms with E-state index in [-0.39, 0.29) is 12.5 Å². The lowest BCUT2D eigenvalue weighted by Crippen LogP contribution is -2.57. The second-order valence-corrected chi connectivity index (χ2v) is 4.26. The third kappa shape index (κ3) is 2.08. The number of aromatic nitrogens is 1. The van der Waals surface area contributed by atoms with Gasteiger partial charge < -0.3 is 19.8 Å². The molecule has 0 radical (unpaired) electrons. The Labute approximate surface area is 104 Å². The molecule has 1 aromatic heterocycles. The summed E-state index contributed by atoms with van der Waals surface area (Å²) in [5.74, 6) is -0.928. The van der Waals surface area contributed by atoms with Crippen LogP contribution in [0, 0.1) is 13.8 Å². The summed E-state index contributed by atoms with van der Waals surface area (Å²) in [5.41, 5.74) is 0.850. The Bertz CT molecular complexity index is 463.